The molecule has 0 saturated carbocycles. The van der Waals surface area contributed by atoms with Gasteiger partial charge in [0.05, 0.1) is 5.69 Å². The van der Waals surface area contributed by atoms with Gasteiger partial charge in [0.25, 0.3) is 5.91 Å². The van der Waals surface area contributed by atoms with Gasteiger partial charge >= 0.3 is 0 Å². The summed E-state index contributed by atoms with van der Waals surface area (Å²) in [5.41, 5.74) is 5.47. The average Bonchev–Trinajstić information content (AvgIpc) is 2.39. The van der Waals surface area contributed by atoms with Crippen molar-refractivity contribution >= 4 is 49.4 Å². The Balaban J connectivity index is 2.31. The Morgan fingerprint density at radius 2 is 1.62 bits per heavy atom. The first-order chi connectivity index (χ1) is 9.86. The molecule has 0 fully saturated rings. The maximum atomic E-state index is 13.7. The summed E-state index contributed by atoms with van der Waals surface area (Å²) in [4.78, 5) is 23.2. The number of rotatable bonds is 3. The van der Waals surface area contributed by atoms with E-state index < -0.39 is 17.6 Å². The van der Waals surface area contributed by atoms with Crippen LogP contribution in [-0.2, 0) is 0 Å². The van der Waals surface area contributed by atoms with Gasteiger partial charge < -0.3 is 11.1 Å². The predicted molar refractivity (Wildman–Crippen MR) is 84.7 cm³/mol. The van der Waals surface area contributed by atoms with Crippen LogP contribution in [0.3, 0.4) is 0 Å². The molecule has 0 saturated heterocycles. The zero-order chi connectivity index (χ0) is 15.6. The van der Waals surface area contributed by atoms with Crippen LogP contribution in [0.2, 0.25) is 0 Å². The summed E-state index contributed by atoms with van der Waals surface area (Å²) in [6.45, 7) is 0. The van der Waals surface area contributed by atoms with Crippen LogP contribution in [0.1, 0.15) is 20.7 Å². The van der Waals surface area contributed by atoms with Crippen molar-refractivity contribution in [1.82, 2.24) is 0 Å². The molecule has 2 amide bonds. The van der Waals surface area contributed by atoms with Crippen LogP contribution in [0, 0.1) is 5.82 Å². The normalized spacial score (nSPS) is 10.2. The predicted octanol–water partition coefficient (Wildman–Crippen LogP) is 3.70. The summed E-state index contributed by atoms with van der Waals surface area (Å²) in [5, 5.41) is 2.41. The number of carbonyl (C=O) groups excluding carboxylic acids is 2. The molecule has 2 aromatic rings. The molecule has 0 unspecified atom stereocenters. The molecule has 0 radical (unpaired) electrons. The highest BCUT2D eigenvalue weighted by molar-refractivity contribution is 9.11. The van der Waals surface area contributed by atoms with Crippen molar-refractivity contribution in [2.45, 2.75) is 0 Å². The molecule has 0 heterocycles. The van der Waals surface area contributed by atoms with E-state index in [9.17, 15) is 14.0 Å². The van der Waals surface area contributed by atoms with Gasteiger partial charge in [0.2, 0.25) is 5.91 Å². The summed E-state index contributed by atoms with van der Waals surface area (Å²) in [5.74, 6) is -1.85. The minimum atomic E-state index is -0.698. The van der Waals surface area contributed by atoms with E-state index in [1.54, 1.807) is 18.2 Å². The fourth-order valence-electron chi connectivity index (χ4n) is 1.65. The van der Waals surface area contributed by atoms with Crippen molar-refractivity contribution in [3.8, 4) is 0 Å². The lowest BCUT2D eigenvalue weighted by atomic mass is 10.1. The molecule has 21 heavy (non-hydrogen) atoms. The van der Waals surface area contributed by atoms with Gasteiger partial charge in [-0.25, -0.2) is 4.39 Å². The lowest BCUT2D eigenvalue weighted by Crippen LogP contribution is -2.15. The molecule has 0 aliphatic rings. The Bertz CT molecular complexity index is 715. The molecule has 0 aromatic heterocycles. The van der Waals surface area contributed by atoms with E-state index in [1.165, 1.54) is 12.1 Å². The van der Waals surface area contributed by atoms with E-state index in [0.717, 1.165) is 6.07 Å². The molecule has 2 rings (SSSR count). The quantitative estimate of drug-likeness (QED) is 0.802. The van der Waals surface area contributed by atoms with Crippen LogP contribution in [0.5, 0.6) is 0 Å². The second-order valence-electron chi connectivity index (χ2n) is 4.17. The number of benzene rings is 2. The second kappa shape index (κ2) is 6.36. The fourth-order valence-corrected chi connectivity index (χ4v) is 2.95. The van der Waals surface area contributed by atoms with Crippen molar-refractivity contribution in [2.75, 3.05) is 5.32 Å². The number of halogens is 3. The molecule has 2 aromatic carbocycles. The summed E-state index contributed by atoms with van der Waals surface area (Å²) in [6.07, 6.45) is 0. The standard InChI is InChI=1S/C14H9Br2FN2O2/c15-9-3-8(4-10(16)6-9)14(21)19-12-5-7(13(18)20)1-2-11(12)17/h1-6H,(H2,18,20)(H,19,21). The second-order valence-corrected chi connectivity index (χ2v) is 6.00. The minimum Gasteiger partial charge on any atom is -0.366 e. The highest BCUT2D eigenvalue weighted by atomic mass is 79.9. The Kier molecular flexibility index (Phi) is 4.74. The number of anilines is 1. The number of nitrogens with one attached hydrogen (secondary N) is 1. The van der Waals surface area contributed by atoms with Gasteiger partial charge in [0, 0.05) is 20.1 Å². The number of primary amides is 1. The van der Waals surface area contributed by atoms with E-state index in [-0.39, 0.29) is 11.3 Å². The van der Waals surface area contributed by atoms with Crippen LogP contribution >= 0.6 is 31.9 Å². The van der Waals surface area contributed by atoms with E-state index in [0.29, 0.717) is 14.5 Å². The molecule has 0 aliphatic heterocycles. The van der Waals surface area contributed by atoms with Crippen molar-refractivity contribution in [2.24, 2.45) is 5.73 Å². The largest absolute Gasteiger partial charge is 0.366 e. The average molecular weight is 416 g/mol. The van der Waals surface area contributed by atoms with Crippen LogP contribution in [0.4, 0.5) is 10.1 Å². The summed E-state index contributed by atoms with van der Waals surface area (Å²) in [6, 6.07) is 8.48. The van der Waals surface area contributed by atoms with Gasteiger partial charge in [-0.1, -0.05) is 31.9 Å². The lowest BCUT2D eigenvalue weighted by Gasteiger charge is -2.08. The Labute approximate surface area is 136 Å². The van der Waals surface area contributed by atoms with Crippen molar-refractivity contribution in [1.29, 1.82) is 0 Å². The van der Waals surface area contributed by atoms with E-state index >= 15 is 0 Å². The third kappa shape index (κ3) is 3.89. The van der Waals surface area contributed by atoms with Crippen LogP contribution in [0.25, 0.3) is 0 Å². The topological polar surface area (TPSA) is 72.2 Å². The van der Waals surface area contributed by atoms with Crippen molar-refractivity contribution < 1.29 is 14.0 Å². The Morgan fingerprint density at radius 3 is 2.19 bits per heavy atom. The number of carbonyl (C=O) groups is 2. The van der Waals surface area contributed by atoms with Crippen molar-refractivity contribution in [3.63, 3.8) is 0 Å². The fraction of sp³-hybridized carbons (Fsp3) is 0. The first kappa shape index (κ1) is 15.7. The third-order valence-corrected chi connectivity index (χ3v) is 3.54. The van der Waals surface area contributed by atoms with Gasteiger partial charge in [0.1, 0.15) is 5.82 Å². The molecule has 0 aliphatic carbocycles. The molecule has 108 valence electrons. The molecule has 0 bridgehead atoms. The highest BCUT2D eigenvalue weighted by Crippen LogP contribution is 2.22. The summed E-state index contributed by atoms with van der Waals surface area (Å²) >= 11 is 6.53. The van der Waals surface area contributed by atoms with E-state index in [4.69, 9.17) is 5.73 Å². The maximum absolute atomic E-state index is 13.7. The third-order valence-electron chi connectivity index (χ3n) is 2.62. The van der Waals surface area contributed by atoms with E-state index in [2.05, 4.69) is 37.2 Å². The first-order valence-electron chi connectivity index (χ1n) is 5.73. The smallest absolute Gasteiger partial charge is 0.255 e. The maximum Gasteiger partial charge on any atom is 0.255 e. The number of hydrogen-bond acceptors (Lipinski definition) is 2. The zero-order valence-corrected chi connectivity index (χ0v) is 13.7. The summed E-state index contributed by atoms with van der Waals surface area (Å²) < 4.78 is 15.1. The molecule has 4 nitrogen and oxygen atoms in total. The number of hydrogen-bond donors (Lipinski definition) is 2. The lowest BCUT2D eigenvalue weighted by molar-refractivity contribution is 0.0996. The van der Waals surface area contributed by atoms with E-state index in [1.807, 2.05) is 0 Å². The number of amides is 2. The van der Waals surface area contributed by atoms with Gasteiger partial charge in [-0.2, -0.15) is 0 Å². The molecular formula is C14H9Br2FN2O2. The molecule has 0 spiro atoms. The zero-order valence-electron chi connectivity index (χ0n) is 10.5. The molecule has 0 atom stereocenters. The van der Waals surface area contributed by atoms with Gasteiger partial charge in [-0.3, -0.25) is 9.59 Å². The van der Waals surface area contributed by atoms with Gasteiger partial charge in [0.15, 0.2) is 0 Å². The minimum absolute atomic E-state index is 0.104. The molecule has 7 heteroatoms. The first-order valence-corrected chi connectivity index (χ1v) is 7.32. The Morgan fingerprint density at radius 1 is 1.00 bits per heavy atom. The Hall–Kier alpha value is -1.73. The summed E-state index contributed by atoms with van der Waals surface area (Å²) in [7, 11) is 0. The van der Waals surface area contributed by atoms with Crippen molar-refractivity contribution in [3.05, 3.63) is 62.3 Å². The van der Waals surface area contributed by atoms with Crippen LogP contribution in [-0.4, -0.2) is 11.8 Å². The molecular weight excluding hydrogens is 407 g/mol. The molecule has 3 N–H and O–H groups in total. The van der Waals surface area contributed by atoms with Gasteiger partial charge in [-0.05, 0) is 36.4 Å². The number of nitrogens with two attached hydrogens (primary N) is 1. The SMILES string of the molecule is NC(=O)c1ccc(F)c(NC(=O)c2cc(Br)cc(Br)c2)c1. The van der Waals surface area contributed by atoms with Crippen LogP contribution in [0.15, 0.2) is 45.3 Å². The highest BCUT2D eigenvalue weighted by Gasteiger charge is 2.12. The monoisotopic (exact) mass is 414 g/mol. The van der Waals surface area contributed by atoms with Gasteiger partial charge in [-0.15, -0.1) is 0 Å². The van der Waals surface area contributed by atoms with Crippen LogP contribution < -0.4 is 11.1 Å².